The van der Waals surface area contributed by atoms with Crippen molar-refractivity contribution in [2.24, 2.45) is 5.73 Å². The van der Waals surface area contributed by atoms with Crippen molar-refractivity contribution in [1.29, 1.82) is 0 Å². The van der Waals surface area contributed by atoms with Crippen LogP contribution in [0.2, 0.25) is 0 Å². The van der Waals surface area contributed by atoms with Gasteiger partial charge in [0, 0.05) is 5.56 Å². The average molecular weight is 271 g/mol. The Morgan fingerprint density at radius 3 is 2.75 bits per heavy atom. The zero-order chi connectivity index (χ0) is 14.3. The van der Waals surface area contributed by atoms with E-state index in [4.69, 9.17) is 5.73 Å². The summed E-state index contributed by atoms with van der Waals surface area (Å²) >= 11 is 0. The van der Waals surface area contributed by atoms with Crippen molar-refractivity contribution in [3.63, 3.8) is 0 Å². The molecule has 0 aliphatic carbocycles. The lowest BCUT2D eigenvalue weighted by molar-refractivity contribution is 0.0689. The first-order valence-electron chi connectivity index (χ1n) is 6.75. The topological polar surface area (TPSA) is 81.1 Å². The number of nitrogens with two attached hydrogens (primary N) is 1. The lowest BCUT2D eigenvalue weighted by Crippen LogP contribution is -2.26. The summed E-state index contributed by atoms with van der Waals surface area (Å²) in [6.45, 7) is 2.01. The van der Waals surface area contributed by atoms with Gasteiger partial charge >= 0.3 is 5.97 Å². The van der Waals surface area contributed by atoms with Gasteiger partial charge in [-0.1, -0.05) is 29.8 Å². The molecule has 1 aliphatic rings. The van der Waals surface area contributed by atoms with Gasteiger partial charge in [-0.2, -0.15) is 0 Å². The smallest absolute Gasteiger partial charge is 0.356 e. The molecule has 5 nitrogen and oxygen atoms in total. The third-order valence-corrected chi connectivity index (χ3v) is 3.77. The van der Waals surface area contributed by atoms with Crippen LogP contribution in [0.1, 0.15) is 40.8 Å². The van der Waals surface area contributed by atoms with Crippen LogP contribution in [0.25, 0.3) is 11.4 Å². The number of imidazole rings is 1. The molecule has 0 bridgehead atoms. The van der Waals surface area contributed by atoms with E-state index in [1.165, 1.54) is 0 Å². The Hall–Kier alpha value is -2.14. The van der Waals surface area contributed by atoms with Gasteiger partial charge in [0.25, 0.3) is 0 Å². The predicted octanol–water partition coefficient (Wildman–Crippen LogP) is 2.35. The number of carboxylic acids is 1. The highest BCUT2D eigenvalue weighted by molar-refractivity contribution is 5.88. The van der Waals surface area contributed by atoms with Crippen LogP contribution in [0.3, 0.4) is 0 Å². The molecule has 20 heavy (non-hydrogen) atoms. The Bertz CT molecular complexity index is 659. The molecule has 3 N–H and O–H groups in total. The quantitative estimate of drug-likeness (QED) is 0.878. The highest BCUT2D eigenvalue weighted by Crippen LogP contribution is 2.31. The summed E-state index contributed by atoms with van der Waals surface area (Å²) in [6, 6.07) is 7.90. The molecule has 1 aromatic heterocycles. The fourth-order valence-corrected chi connectivity index (χ4v) is 2.75. The molecule has 2 aromatic rings. The Morgan fingerprint density at radius 2 is 2.10 bits per heavy atom. The molecule has 0 amide bonds. The third-order valence-electron chi connectivity index (χ3n) is 3.77. The van der Waals surface area contributed by atoms with Crippen LogP contribution in [0.4, 0.5) is 0 Å². The molecule has 5 heteroatoms. The molecule has 1 unspecified atom stereocenters. The van der Waals surface area contributed by atoms with Crippen molar-refractivity contribution in [2.45, 2.75) is 32.4 Å². The zero-order valence-electron chi connectivity index (χ0n) is 11.3. The van der Waals surface area contributed by atoms with Gasteiger partial charge in [0.1, 0.15) is 5.82 Å². The molecule has 0 spiro atoms. The van der Waals surface area contributed by atoms with E-state index in [0.717, 1.165) is 29.7 Å². The van der Waals surface area contributed by atoms with Gasteiger partial charge in [-0.05, 0) is 26.2 Å². The van der Waals surface area contributed by atoms with E-state index >= 15 is 0 Å². The van der Waals surface area contributed by atoms with E-state index in [-0.39, 0.29) is 11.9 Å². The second kappa shape index (κ2) is 4.76. The summed E-state index contributed by atoms with van der Waals surface area (Å²) in [7, 11) is 0. The largest absolute Gasteiger partial charge is 0.476 e. The minimum absolute atomic E-state index is 0.135. The standard InChI is InChI=1S/C15H17N3O2/c1-9-5-7-10(8-6-9)14-17-13(15(19)20)11-3-2-4-12(16)18(11)14/h5-8,12H,2-4,16H2,1H3,(H,19,20). The van der Waals surface area contributed by atoms with Crippen molar-refractivity contribution in [3.05, 3.63) is 41.2 Å². The summed E-state index contributed by atoms with van der Waals surface area (Å²) in [4.78, 5) is 15.7. The Balaban J connectivity index is 2.20. The Labute approximate surface area is 117 Å². The van der Waals surface area contributed by atoms with Crippen molar-refractivity contribution in [2.75, 3.05) is 0 Å². The molecular weight excluding hydrogens is 254 g/mol. The Morgan fingerprint density at radius 1 is 1.40 bits per heavy atom. The number of aryl methyl sites for hydroxylation is 1. The molecule has 2 heterocycles. The van der Waals surface area contributed by atoms with E-state index in [0.29, 0.717) is 12.2 Å². The van der Waals surface area contributed by atoms with E-state index < -0.39 is 5.97 Å². The maximum atomic E-state index is 11.4. The van der Waals surface area contributed by atoms with Gasteiger partial charge in [0.05, 0.1) is 11.9 Å². The van der Waals surface area contributed by atoms with Crippen LogP contribution in [-0.2, 0) is 6.42 Å². The fraction of sp³-hybridized carbons (Fsp3) is 0.333. The molecule has 1 aliphatic heterocycles. The normalized spacial score (nSPS) is 17.8. The number of hydrogen-bond acceptors (Lipinski definition) is 3. The highest BCUT2D eigenvalue weighted by Gasteiger charge is 2.28. The number of rotatable bonds is 2. The van der Waals surface area contributed by atoms with Gasteiger partial charge in [0.2, 0.25) is 0 Å². The first kappa shape index (κ1) is 12.9. The second-order valence-corrected chi connectivity index (χ2v) is 5.23. The molecule has 1 aromatic carbocycles. The van der Waals surface area contributed by atoms with Gasteiger partial charge in [0.15, 0.2) is 5.69 Å². The van der Waals surface area contributed by atoms with Crippen LogP contribution < -0.4 is 5.73 Å². The molecule has 0 saturated heterocycles. The fourth-order valence-electron chi connectivity index (χ4n) is 2.75. The molecule has 1 atom stereocenters. The molecule has 0 fully saturated rings. The summed E-state index contributed by atoms with van der Waals surface area (Å²) in [5.74, 6) is -0.328. The number of aromatic carboxylic acids is 1. The summed E-state index contributed by atoms with van der Waals surface area (Å²) < 4.78 is 1.89. The Kier molecular flexibility index (Phi) is 3.06. The van der Waals surface area contributed by atoms with Crippen molar-refractivity contribution >= 4 is 5.97 Å². The number of benzene rings is 1. The van der Waals surface area contributed by atoms with Crippen LogP contribution in [0.5, 0.6) is 0 Å². The van der Waals surface area contributed by atoms with Crippen molar-refractivity contribution < 1.29 is 9.90 Å². The monoisotopic (exact) mass is 271 g/mol. The maximum absolute atomic E-state index is 11.4. The molecular formula is C15H17N3O2. The number of aromatic nitrogens is 2. The second-order valence-electron chi connectivity index (χ2n) is 5.23. The van der Waals surface area contributed by atoms with Gasteiger partial charge < -0.3 is 15.4 Å². The molecule has 3 rings (SSSR count). The SMILES string of the molecule is Cc1ccc(-c2nc(C(=O)O)c3n2C(N)CCC3)cc1. The van der Waals surface area contributed by atoms with Crippen molar-refractivity contribution in [1.82, 2.24) is 9.55 Å². The van der Waals surface area contributed by atoms with Crippen molar-refractivity contribution in [3.8, 4) is 11.4 Å². The van der Waals surface area contributed by atoms with Gasteiger partial charge in [-0.25, -0.2) is 9.78 Å². The molecule has 0 saturated carbocycles. The first-order chi connectivity index (χ1) is 9.58. The van der Waals surface area contributed by atoms with Crippen LogP contribution >= 0.6 is 0 Å². The maximum Gasteiger partial charge on any atom is 0.356 e. The number of carbonyl (C=O) groups is 1. The number of hydrogen-bond donors (Lipinski definition) is 2. The molecule has 0 radical (unpaired) electrons. The first-order valence-corrected chi connectivity index (χ1v) is 6.75. The minimum atomic E-state index is -0.985. The lowest BCUT2D eigenvalue weighted by Gasteiger charge is -2.24. The van der Waals surface area contributed by atoms with Gasteiger partial charge in [-0.15, -0.1) is 0 Å². The minimum Gasteiger partial charge on any atom is -0.476 e. The number of carboxylic acid groups (broad SMARTS) is 1. The van der Waals surface area contributed by atoms with Crippen LogP contribution in [0.15, 0.2) is 24.3 Å². The van der Waals surface area contributed by atoms with E-state index in [9.17, 15) is 9.90 Å². The summed E-state index contributed by atoms with van der Waals surface area (Å²) in [5.41, 5.74) is 9.09. The third kappa shape index (κ3) is 2.00. The number of fused-ring (bicyclic) bond motifs is 1. The zero-order valence-corrected chi connectivity index (χ0v) is 11.3. The lowest BCUT2D eigenvalue weighted by atomic mass is 10.1. The van der Waals surface area contributed by atoms with Crippen LogP contribution in [0, 0.1) is 6.92 Å². The summed E-state index contributed by atoms with van der Waals surface area (Å²) in [6.07, 6.45) is 2.27. The number of nitrogens with zero attached hydrogens (tertiary/aromatic N) is 2. The average Bonchev–Trinajstić information content (AvgIpc) is 2.81. The van der Waals surface area contributed by atoms with E-state index in [1.807, 2.05) is 35.8 Å². The van der Waals surface area contributed by atoms with Crippen LogP contribution in [-0.4, -0.2) is 20.6 Å². The van der Waals surface area contributed by atoms with Gasteiger partial charge in [-0.3, -0.25) is 0 Å². The van der Waals surface area contributed by atoms with E-state index in [1.54, 1.807) is 0 Å². The predicted molar refractivity (Wildman–Crippen MR) is 75.5 cm³/mol. The highest BCUT2D eigenvalue weighted by atomic mass is 16.4. The van der Waals surface area contributed by atoms with E-state index in [2.05, 4.69) is 4.98 Å². The molecule has 104 valence electrons. The summed E-state index contributed by atoms with van der Waals surface area (Å²) in [5, 5.41) is 9.31.